The summed E-state index contributed by atoms with van der Waals surface area (Å²) in [6.45, 7) is 2.85. The topological polar surface area (TPSA) is 76.3 Å². The number of hydrogen-bond acceptors (Lipinski definition) is 6. The van der Waals surface area contributed by atoms with Crippen LogP contribution >= 0.6 is 34.4 Å². The van der Waals surface area contributed by atoms with Crippen molar-refractivity contribution < 1.29 is 9.59 Å². The van der Waals surface area contributed by atoms with E-state index in [2.05, 4.69) is 11.9 Å². The summed E-state index contributed by atoms with van der Waals surface area (Å²) in [6.07, 6.45) is 2.25. The summed E-state index contributed by atoms with van der Waals surface area (Å²) in [5.41, 5.74) is 6.17. The molecule has 0 aromatic carbocycles. The highest BCUT2D eigenvalue weighted by molar-refractivity contribution is 8.00. The number of likely N-dealkylation sites (tertiary alicyclic amines) is 1. The largest absolute Gasteiger partial charge is 0.365 e. The standard InChI is InChI=1S/C16H19N3O2S3/c1-2-22-16-18-10(9-23-16)8-14(20)19-7-3-4-11(19)12-5-6-13(24-12)15(17)21/h5-6,9,11H,2-4,7-8H2,1H3,(H2,17,21). The first kappa shape index (κ1) is 17.4. The molecule has 1 aliphatic rings. The number of thiophene rings is 1. The van der Waals surface area contributed by atoms with Crippen LogP contribution in [0.4, 0.5) is 0 Å². The number of nitrogens with zero attached hydrogens (tertiary/aromatic N) is 2. The molecule has 1 atom stereocenters. The van der Waals surface area contributed by atoms with Crippen LogP contribution in [-0.2, 0) is 11.2 Å². The first-order chi connectivity index (χ1) is 11.6. The molecule has 8 heteroatoms. The van der Waals surface area contributed by atoms with Gasteiger partial charge in [-0.25, -0.2) is 4.98 Å². The van der Waals surface area contributed by atoms with Crippen molar-refractivity contribution in [3.63, 3.8) is 0 Å². The molecule has 2 amide bonds. The molecule has 1 unspecified atom stereocenters. The average molecular weight is 382 g/mol. The van der Waals surface area contributed by atoms with Crippen molar-refractivity contribution in [2.75, 3.05) is 12.3 Å². The number of amides is 2. The Morgan fingerprint density at radius 2 is 2.29 bits per heavy atom. The van der Waals surface area contributed by atoms with Gasteiger partial charge in [0, 0.05) is 16.8 Å². The van der Waals surface area contributed by atoms with Crippen LogP contribution in [0.5, 0.6) is 0 Å². The van der Waals surface area contributed by atoms with Crippen LogP contribution in [0.2, 0.25) is 0 Å². The predicted octanol–water partition coefficient (Wildman–Crippen LogP) is 3.32. The van der Waals surface area contributed by atoms with Gasteiger partial charge in [0.25, 0.3) is 5.91 Å². The summed E-state index contributed by atoms with van der Waals surface area (Å²) in [5.74, 6) is 0.672. The lowest BCUT2D eigenvalue weighted by Gasteiger charge is -2.23. The summed E-state index contributed by atoms with van der Waals surface area (Å²) >= 11 is 4.68. The van der Waals surface area contributed by atoms with Crippen LogP contribution in [0.3, 0.4) is 0 Å². The quantitative estimate of drug-likeness (QED) is 0.779. The molecule has 24 heavy (non-hydrogen) atoms. The van der Waals surface area contributed by atoms with E-state index in [1.807, 2.05) is 16.3 Å². The van der Waals surface area contributed by atoms with Gasteiger partial charge in [-0.2, -0.15) is 0 Å². The Hall–Kier alpha value is -1.38. The second-order valence-electron chi connectivity index (χ2n) is 5.53. The van der Waals surface area contributed by atoms with E-state index in [-0.39, 0.29) is 11.9 Å². The molecule has 0 bridgehead atoms. The van der Waals surface area contributed by atoms with Gasteiger partial charge >= 0.3 is 0 Å². The number of hydrogen-bond donors (Lipinski definition) is 1. The van der Waals surface area contributed by atoms with E-state index in [0.29, 0.717) is 11.3 Å². The second-order valence-corrected chi connectivity index (χ2v) is 9.01. The van der Waals surface area contributed by atoms with Crippen molar-refractivity contribution in [3.05, 3.63) is 33.0 Å². The highest BCUT2D eigenvalue weighted by Crippen LogP contribution is 2.36. The van der Waals surface area contributed by atoms with E-state index in [9.17, 15) is 9.59 Å². The van der Waals surface area contributed by atoms with Crippen LogP contribution in [0.1, 0.15) is 46.0 Å². The van der Waals surface area contributed by atoms with E-state index in [1.165, 1.54) is 11.3 Å². The maximum Gasteiger partial charge on any atom is 0.258 e. The Labute approximate surface area is 153 Å². The van der Waals surface area contributed by atoms with E-state index >= 15 is 0 Å². The van der Waals surface area contributed by atoms with Gasteiger partial charge in [0.15, 0.2) is 0 Å². The van der Waals surface area contributed by atoms with Crippen molar-refractivity contribution in [2.24, 2.45) is 5.73 Å². The van der Waals surface area contributed by atoms with Crippen molar-refractivity contribution >= 4 is 46.2 Å². The number of nitrogens with two attached hydrogens (primary N) is 1. The van der Waals surface area contributed by atoms with Gasteiger partial charge in [0.05, 0.1) is 23.0 Å². The van der Waals surface area contributed by atoms with Gasteiger partial charge in [-0.3, -0.25) is 9.59 Å². The van der Waals surface area contributed by atoms with Crippen molar-refractivity contribution in [1.82, 2.24) is 9.88 Å². The summed E-state index contributed by atoms with van der Waals surface area (Å²) in [7, 11) is 0. The lowest BCUT2D eigenvalue weighted by Crippen LogP contribution is -2.31. The lowest BCUT2D eigenvalue weighted by molar-refractivity contribution is -0.131. The summed E-state index contributed by atoms with van der Waals surface area (Å²) < 4.78 is 1.02. The van der Waals surface area contributed by atoms with Gasteiger partial charge in [-0.1, -0.05) is 18.7 Å². The third-order valence-corrected chi connectivity index (χ3v) is 7.06. The van der Waals surface area contributed by atoms with Gasteiger partial charge in [-0.15, -0.1) is 22.7 Å². The maximum atomic E-state index is 12.7. The molecule has 2 aromatic heterocycles. The third-order valence-electron chi connectivity index (χ3n) is 3.90. The zero-order chi connectivity index (χ0) is 17.1. The Bertz CT molecular complexity index is 741. The molecular formula is C16H19N3O2S3. The first-order valence-electron chi connectivity index (χ1n) is 7.84. The van der Waals surface area contributed by atoms with Crippen LogP contribution in [-0.4, -0.2) is 34.0 Å². The number of carbonyl (C=O) groups excluding carboxylic acids is 2. The maximum absolute atomic E-state index is 12.7. The molecule has 0 aliphatic carbocycles. The van der Waals surface area contributed by atoms with E-state index in [1.54, 1.807) is 29.2 Å². The Morgan fingerprint density at radius 1 is 1.46 bits per heavy atom. The van der Waals surface area contributed by atoms with E-state index < -0.39 is 5.91 Å². The molecule has 0 spiro atoms. The molecule has 1 fully saturated rings. The minimum absolute atomic E-state index is 0.0544. The first-order valence-corrected chi connectivity index (χ1v) is 10.5. The molecular weight excluding hydrogens is 362 g/mol. The zero-order valence-corrected chi connectivity index (χ0v) is 15.8. The SMILES string of the molecule is CCSc1nc(CC(=O)N2CCCC2c2ccc(C(N)=O)s2)cs1. The number of thioether (sulfide) groups is 1. The number of carbonyl (C=O) groups is 2. The number of thiazole rings is 1. The average Bonchev–Trinajstić information content (AvgIpc) is 3.27. The van der Waals surface area contributed by atoms with Crippen LogP contribution in [0.25, 0.3) is 0 Å². The second kappa shape index (κ2) is 7.67. The monoisotopic (exact) mass is 381 g/mol. The van der Waals surface area contributed by atoms with Crippen molar-refractivity contribution in [3.8, 4) is 0 Å². The molecule has 1 aliphatic heterocycles. The zero-order valence-electron chi connectivity index (χ0n) is 13.4. The molecule has 2 aromatic rings. The van der Waals surface area contributed by atoms with Gasteiger partial charge < -0.3 is 10.6 Å². The van der Waals surface area contributed by atoms with Crippen LogP contribution < -0.4 is 5.73 Å². The molecule has 2 N–H and O–H groups in total. The summed E-state index contributed by atoms with van der Waals surface area (Å²) in [4.78, 5) is 32.0. The highest BCUT2D eigenvalue weighted by atomic mass is 32.2. The number of aromatic nitrogens is 1. The molecule has 128 valence electrons. The predicted molar refractivity (Wildman–Crippen MR) is 98.7 cm³/mol. The van der Waals surface area contributed by atoms with Crippen LogP contribution in [0, 0.1) is 0 Å². The Morgan fingerprint density at radius 3 is 3.00 bits per heavy atom. The highest BCUT2D eigenvalue weighted by Gasteiger charge is 2.31. The number of primary amides is 1. The Kier molecular flexibility index (Phi) is 5.57. The molecule has 5 nitrogen and oxygen atoms in total. The molecule has 1 saturated heterocycles. The van der Waals surface area contributed by atoms with Crippen LogP contribution in [0.15, 0.2) is 21.9 Å². The number of rotatable bonds is 6. The van der Waals surface area contributed by atoms with E-state index in [4.69, 9.17) is 5.73 Å². The fourth-order valence-electron chi connectivity index (χ4n) is 2.84. The fraction of sp³-hybridized carbons (Fsp3) is 0.438. The molecule has 0 saturated carbocycles. The Balaban J connectivity index is 1.69. The van der Waals surface area contributed by atoms with Gasteiger partial charge in [0.1, 0.15) is 4.34 Å². The summed E-state index contributed by atoms with van der Waals surface area (Å²) in [5, 5.41) is 1.97. The molecule has 3 heterocycles. The molecule has 3 rings (SSSR count). The van der Waals surface area contributed by atoms with E-state index in [0.717, 1.165) is 40.0 Å². The minimum atomic E-state index is -0.412. The lowest BCUT2D eigenvalue weighted by atomic mass is 10.1. The minimum Gasteiger partial charge on any atom is -0.365 e. The normalized spacial score (nSPS) is 17.4. The van der Waals surface area contributed by atoms with Gasteiger partial charge in [0.2, 0.25) is 5.91 Å². The summed E-state index contributed by atoms with van der Waals surface area (Å²) in [6, 6.07) is 3.72. The smallest absolute Gasteiger partial charge is 0.258 e. The van der Waals surface area contributed by atoms with Gasteiger partial charge in [-0.05, 0) is 30.7 Å². The molecule has 0 radical (unpaired) electrons. The van der Waals surface area contributed by atoms with Crippen molar-refractivity contribution in [1.29, 1.82) is 0 Å². The van der Waals surface area contributed by atoms with Crippen molar-refractivity contribution in [2.45, 2.75) is 36.6 Å². The third kappa shape index (κ3) is 3.81. The fourth-order valence-corrected chi connectivity index (χ4v) is 5.59.